The first-order valence-electron chi connectivity index (χ1n) is 8.51. The van der Waals surface area contributed by atoms with Crippen molar-refractivity contribution in [2.45, 2.75) is 43.5 Å². The molecule has 0 aliphatic heterocycles. The number of rotatable bonds is 4. The van der Waals surface area contributed by atoms with Crippen molar-refractivity contribution < 1.29 is 13.2 Å². The van der Waals surface area contributed by atoms with Crippen molar-refractivity contribution in [1.82, 2.24) is 19.7 Å². The number of aromatic nitrogens is 3. The van der Waals surface area contributed by atoms with Gasteiger partial charge in [-0.25, -0.2) is 18.2 Å². The van der Waals surface area contributed by atoms with E-state index in [1.54, 1.807) is 4.90 Å². The molecular formula is C17H22N4O3S. The van der Waals surface area contributed by atoms with Crippen LogP contribution < -0.4 is 0 Å². The third-order valence-corrected chi connectivity index (χ3v) is 6.58. The molecule has 0 saturated heterocycles. The van der Waals surface area contributed by atoms with E-state index in [0.717, 1.165) is 28.7 Å². The number of amides is 1. The van der Waals surface area contributed by atoms with Crippen LogP contribution in [0.3, 0.4) is 0 Å². The molecule has 1 amide bonds. The van der Waals surface area contributed by atoms with Gasteiger partial charge in [0.2, 0.25) is 9.84 Å². The van der Waals surface area contributed by atoms with Crippen molar-refractivity contribution in [3.8, 4) is 0 Å². The molecule has 0 spiro atoms. The quantitative estimate of drug-likeness (QED) is 0.834. The van der Waals surface area contributed by atoms with Gasteiger partial charge in [-0.2, -0.15) is 4.68 Å². The van der Waals surface area contributed by atoms with Crippen molar-refractivity contribution >= 4 is 15.9 Å². The molecule has 25 heavy (non-hydrogen) atoms. The molecule has 8 heteroatoms. The lowest BCUT2D eigenvalue weighted by Crippen LogP contribution is -2.34. The fourth-order valence-corrected chi connectivity index (χ4v) is 4.96. The van der Waals surface area contributed by atoms with Gasteiger partial charge in [0.25, 0.3) is 5.16 Å². The molecule has 0 radical (unpaired) electrons. The zero-order valence-corrected chi connectivity index (χ0v) is 15.2. The Kier molecular flexibility index (Phi) is 4.89. The highest BCUT2D eigenvalue weighted by Gasteiger charge is 2.35. The van der Waals surface area contributed by atoms with E-state index in [1.165, 1.54) is 6.33 Å². The van der Waals surface area contributed by atoms with Gasteiger partial charge in [0.05, 0.1) is 5.25 Å². The van der Waals surface area contributed by atoms with E-state index in [0.29, 0.717) is 19.5 Å². The van der Waals surface area contributed by atoms with Gasteiger partial charge in [0.15, 0.2) is 0 Å². The molecule has 1 atom stereocenters. The molecular weight excluding hydrogens is 340 g/mol. The molecule has 1 aliphatic rings. The van der Waals surface area contributed by atoms with Gasteiger partial charge in [-0.1, -0.05) is 24.3 Å². The Morgan fingerprint density at radius 3 is 2.72 bits per heavy atom. The maximum Gasteiger partial charge on any atom is 0.346 e. The lowest BCUT2D eigenvalue weighted by Gasteiger charge is -2.24. The number of nitrogens with zero attached hydrogens (tertiary/aromatic N) is 4. The number of hydrogen-bond donors (Lipinski definition) is 0. The molecule has 1 aromatic heterocycles. The van der Waals surface area contributed by atoms with E-state index in [1.807, 2.05) is 38.1 Å². The van der Waals surface area contributed by atoms with E-state index in [-0.39, 0.29) is 11.2 Å². The molecule has 3 rings (SSSR count). The lowest BCUT2D eigenvalue weighted by molar-refractivity contribution is 0.201. The summed E-state index contributed by atoms with van der Waals surface area (Å²) < 4.78 is 27.1. The van der Waals surface area contributed by atoms with Gasteiger partial charge in [0.1, 0.15) is 6.33 Å². The van der Waals surface area contributed by atoms with Crippen LogP contribution in [0.2, 0.25) is 0 Å². The van der Waals surface area contributed by atoms with E-state index in [2.05, 4.69) is 10.1 Å². The second-order valence-corrected chi connectivity index (χ2v) is 8.08. The molecule has 0 bridgehead atoms. The fraction of sp³-hybridized carbons (Fsp3) is 0.471. The molecule has 1 heterocycles. The molecule has 0 fully saturated rings. The lowest BCUT2D eigenvalue weighted by atomic mass is 9.91. The van der Waals surface area contributed by atoms with Crippen molar-refractivity contribution in [2.24, 2.45) is 0 Å². The topological polar surface area (TPSA) is 85.2 Å². The maximum atomic E-state index is 13.0. The van der Waals surface area contributed by atoms with Crippen molar-refractivity contribution in [2.75, 3.05) is 13.1 Å². The average Bonchev–Trinajstić information content (AvgIpc) is 3.13. The number of hydrogen-bond acceptors (Lipinski definition) is 5. The van der Waals surface area contributed by atoms with E-state index >= 15 is 0 Å². The molecule has 2 aromatic rings. The number of aryl methyl sites for hydroxylation is 1. The zero-order chi connectivity index (χ0) is 18.0. The summed E-state index contributed by atoms with van der Waals surface area (Å²) in [6.07, 6.45) is 3.41. The van der Waals surface area contributed by atoms with Gasteiger partial charge in [-0.3, -0.25) is 0 Å². The molecule has 7 nitrogen and oxygen atoms in total. The Labute approximate surface area is 147 Å². The van der Waals surface area contributed by atoms with Crippen LogP contribution in [0.15, 0.2) is 35.7 Å². The summed E-state index contributed by atoms with van der Waals surface area (Å²) >= 11 is 0. The van der Waals surface area contributed by atoms with Crippen LogP contribution in [-0.2, 0) is 16.3 Å². The summed E-state index contributed by atoms with van der Waals surface area (Å²) in [5, 5.41) is 3.03. The van der Waals surface area contributed by atoms with Gasteiger partial charge < -0.3 is 4.90 Å². The number of carbonyl (C=O) groups excluding carboxylic acids is 1. The first kappa shape index (κ1) is 17.6. The van der Waals surface area contributed by atoms with Crippen LogP contribution in [0.1, 0.15) is 43.1 Å². The minimum absolute atomic E-state index is 0.283. The Hall–Kier alpha value is -2.22. The highest BCUT2D eigenvalue weighted by molar-refractivity contribution is 7.91. The highest BCUT2D eigenvalue weighted by atomic mass is 32.2. The smallest absolute Gasteiger partial charge is 0.323 e. The molecule has 1 unspecified atom stereocenters. The summed E-state index contributed by atoms with van der Waals surface area (Å²) in [5.74, 6) is 0. The molecule has 134 valence electrons. The first-order chi connectivity index (χ1) is 12.0. The van der Waals surface area contributed by atoms with Crippen LogP contribution in [0.5, 0.6) is 0 Å². The average molecular weight is 362 g/mol. The SMILES string of the molecule is CCN(CC)C(=O)n1cnc(S(=O)(=O)C2CCCc3ccccc32)n1. The molecule has 1 aliphatic carbocycles. The predicted octanol–water partition coefficient (Wildman–Crippen LogP) is 2.44. The summed E-state index contributed by atoms with van der Waals surface area (Å²) in [5.41, 5.74) is 1.88. The zero-order valence-electron chi connectivity index (χ0n) is 14.4. The molecule has 0 N–H and O–H groups in total. The summed E-state index contributed by atoms with van der Waals surface area (Å²) in [7, 11) is -3.74. The van der Waals surface area contributed by atoms with Gasteiger partial charge in [-0.05, 0) is 44.2 Å². The third kappa shape index (κ3) is 3.18. The number of carbonyl (C=O) groups is 1. The minimum Gasteiger partial charge on any atom is -0.323 e. The largest absolute Gasteiger partial charge is 0.346 e. The number of sulfone groups is 1. The van der Waals surface area contributed by atoms with Gasteiger partial charge in [-0.15, -0.1) is 5.10 Å². The van der Waals surface area contributed by atoms with Crippen LogP contribution in [0.25, 0.3) is 0 Å². The Morgan fingerprint density at radius 1 is 1.28 bits per heavy atom. The van der Waals surface area contributed by atoms with Crippen molar-refractivity contribution in [3.05, 3.63) is 41.7 Å². The van der Waals surface area contributed by atoms with E-state index in [9.17, 15) is 13.2 Å². The number of benzene rings is 1. The van der Waals surface area contributed by atoms with Gasteiger partial charge in [0, 0.05) is 13.1 Å². The fourth-order valence-electron chi connectivity index (χ4n) is 3.27. The number of fused-ring (bicyclic) bond motifs is 1. The molecule has 1 aromatic carbocycles. The van der Waals surface area contributed by atoms with E-state index in [4.69, 9.17) is 0 Å². The summed E-state index contributed by atoms with van der Waals surface area (Å²) in [6.45, 7) is 4.75. The Morgan fingerprint density at radius 2 is 2.00 bits per heavy atom. The Bertz CT molecular complexity index is 872. The Balaban J connectivity index is 1.94. The van der Waals surface area contributed by atoms with Crippen LogP contribution in [0, 0.1) is 0 Å². The summed E-state index contributed by atoms with van der Waals surface area (Å²) in [6, 6.07) is 7.22. The van der Waals surface area contributed by atoms with Crippen LogP contribution in [-0.4, -0.2) is 47.2 Å². The monoisotopic (exact) mass is 362 g/mol. The highest BCUT2D eigenvalue weighted by Crippen LogP contribution is 2.37. The van der Waals surface area contributed by atoms with E-state index < -0.39 is 15.1 Å². The van der Waals surface area contributed by atoms with Crippen LogP contribution >= 0.6 is 0 Å². The second kappa shape index (κ2) is 6.95. The minimum atomic E-state index is -3.74. The van der Waals surface area contributed by atoms with Gasteiger partial charge >= 0.3 is 6.03 Å². The van der Waals surface area contributed by atoms with Crippen molar-refractivity contribution in [3.63, 3.8) is 0 Å². The second-order valence-electron chi connectivity index (χ2n) is 6.05. The standard InChI is InChI=1S/C17H22N4O3S/c1-3-20(4-2)17(22)21-12-18-16(19-21)25(23,24)15-11-7-9-13-8-5-6-10-14(13)15/h5-6,8,10,12,15H,3-4,7,9,11H2,1-2H3. The predicted molar refractivity (Wildman–Crippen MR) is 93.0 cm³/mol. The first-order valence-corrected chi connectivity index (χ1v) is 10.1. The maximum absolute atomic E-state index is 13.0. The third-order valence-electron chi connectivity index (χ3n) is 4.64. The van der Waals surface area contributed by atoms with Crippen molar-refractivity contribution in [1.29, 1.82) is 0 Å². The molecule has 0 saturated carbocycles. The normalized spacial score (nSPS) is 17.1. The van der Waals surface area contributed by atoms with Crippen LogP contribution in [0.4, 0.5) is 4.79 Å². The summed E-state index contributed by atoms with van der Waals surface area (Å²) in [4.78, 5) is 17.8.